The molecular weight excluding hydrogens is 577 g/mol. The summed E-state index contributed by atoms with van der Waals surface area (Å²) in [6.07, 6.45) is 2.11. The lowest BCUT2D eigenvalue weighted by Gasteiger charge is -2.25. The topological polar surface area (TPSA) is 114 Å². The molecule has 41 heavy (non-hydrogen) atoms. The molecule has 0 spiro atoms. The lowest BCUT2D eigenvalue weighted by atomic mass is 10.1. The Labute approximate surface area is 243 Å². The molecule has 1 aromatic carbocycles. The molecule has 2 aromatic rings. The van der Waals surface area contributed by atoms with Crippen LogP contribution in [0.2, 0.25) is 0 Å². The quantitative estimate of drug-likeness (QED) is 0.485. The average molecular weight is 617 g/mol. The molecule has 1 aliphatic heterocycles. The van der Waals surface area contributed by atoms with Gasteiger partial charge in [0, 0.05) is 41.1 Å². The molecule has 228 valence electrons. The molecule has 3 fully saturated rings. The Kier molecular flexibility index (Phi) is 11.2. The third kappa shape index (κ3) is 8.40. The minimum absolute atomic E-state index is 0.0661. The van der Waals surface area contributed by atoms with Crippen LogP contribution in [0.4, 0.5) is 13.2 Å². The molecule has 2 aliphatic carbocycles. The van der Waals surface area contributed by atoms with Crippen LogP contribution in [0.5, 0.6) is 0 Å². The van der Waals surface area contributed by atoms with E-state index in [4.69, 9.17) is 10.00 Å². The number of benzene rings is 1. The van der Waals surface area contributed by atoms with Crippen LogP contribution in [0.3, 0.4) is 0 Å². The zero-order chi connectivity index (χ0) is 30.4. The fraction of sp³-hybridized carbons (Fsp3) is 0.643. The number of aromatic nitrogens is 2. The smallest absolute Gasteiger partial charge is 0.375 e. The maximum absolute atomic E-state index is 13.8. The molecule has 2 atom stereocenters. The van der Waals surface area contributed by atoms with E-state index in [0.717, 1.165) is 25.0 Å². The van der Waals surface area contributed by atoms with Crippen LogP contribution in [-0.4, -0.2) is 64.0 Å². The number of hydrogen-bond acceptors (Lipinski definition) is 7. The molecule has 1 aromatic heterocycles. The number of nitrogens with zero attached hydrogens (tertiary/aromatic N) is 3. The predicted molar refractivity (Wildman–Crippen MR) is 152 cm³/mol. The highest BCUT2D eigenvalue weighted by Crippen LogP contribution is 2.41. The summed E-state index contributed by atoms with van der Waals surface area (Å²) in [7, 11) is -1.54. The second-order valence-corrected chi connectivity index (χ2v) is 14.2. The Morgan fingerprint density at radius 1 is 1.12 bits per heavy atom. The minimum Gasteiger partial charge on any atom is -0.375 e. The van der Waals surface area contributed by atoms with Gasteiger partial charge in [0.05, 0.1) is 40.2 Å². The Balaban J connectivity index is 0.000000443. The highest BCUT2D eigenvalue weighted by Gasteiger charge is 2.43. The summed E-state index contributed by atoms with van der Waals surface area (Å²) >= 11 is 0. The molecule has 0 radical (unpaired) electrons. The maximum Gasteiger partial charge on any atom is 0.417 e. The van der Waals surface area contributed by atoms with Crippen LogP contribution in [0.15, 0.2) is 35.5 Å². The zero-order valence-electron chi connectivity index (χ0n) is 23.9. The lowest BCUT2D eigenvalue weighted by Crippen LogP contribution is -2.29. The summed E-state index contributed by atoms with van der Waals surface area (Å²) in [4.78, 5) is -0.684. The van der Waals surface area contributed by atoms with Gasteiger partial charge in [-0.1, -0.05) is 19.9 Å². The Bertz CT molecular complexity index is 1340. The monoisotopic (exact) mass is 616 g/mol. The fourth-order valence-electron chi connectivity index (χ4n) is 4.96. The predicted octanol–water partition coefficient (Wildman–Crippen LogP) is 5.02. The molecule has 8 nitrogen and oxygen atoms in total. The molecule has 0 bridgehead atoms. The molecule has 2 saturated carbocycles. The molecule has 1 N–H and O–H groups in total. The normalized spacial score (nSPS) is 25.2. The fourth-order valence-corrected chi connectivity index (χ4v) is 8.23. The van der Waals surface area contributed by atoms with Crippen molar-refractivity contribution in [3.63, 3.8) is 0 Å². The van der Waals surface area contributed by atoms with Gasteiger partial charge < -0.3 is 10.1 Å². The van der Waals surface area contributed by atoms with Gasteiger partial charge in [0.25, 0.3) is 0 Å². The van der Waals surface area contributed by atoms with E-state index in [9.17, 15) is 25.8 Å². The highest BCUT2D eigenvalue weighted by atomic mass is 32.2. The Morgan fingerprint density at radius 3 is 2.27 bits per heavy atom. The van der Waals surface area contributed by atoms with Crippen molar-refractivity contribution < 1.29 is 30.5 Å². The highest BCUT2D eigenvalue weighted by molar-refractivity contribution is 7.92. The molecular formula is C28H39F3N4O4S2. The van der Waals surface area contributed by atoms with Gasteiger partial charge in [-0.25, -0.2) is 8.42 Å². The Morgan fingerprint density at radius 2 is 1.78 bits per heavy atom. The molecule has 0 unspecified atom stereocenters. The van der Waals surface area contributed by atoms with Gasteiger partial charge in [0.1, 0.15) is 5.54 Å². The SMILES string of the molecule is CC.CNC1(C#N)CC1.Cn1cc(-c2ccc(S(=O)(=O)[C@@H]3CC[C@H](OC4CCS(=O)CC4)C3)c(C(F)(F)F)c2)cn1. The van der Waals surface area contributed by atoms with Gasteiger partial charge in [-0.15, -0.1) is 0 Å². The summed E-state index contributed by atoms with van der Waals surface area (Å²) in [6.45, 7) is 4.00. The van der Waals surface area contributed by atoms with Crippen molar-refractivity contribution >= 4 is 20.6 Å². The van der Waals surface area contributed by atoms with Crippen molar-refractivity contribution in [1.82, 2.24) is 15.1 Å². The molecule has 3 aliphatic rings. The first-order chi connectivity index (χ1) is 19.4. The van der Waals surface area contributed by atoms with Crippen molar-refractivity contribution in [2.45, 2.75) is 92.9 Å². The number of aryl methyl sites for hydroxylation is 1. The van der Waals surface area contributed by atoms with Crippen molar-refractivity contribution in [2.24, 2.45) is 7.05 Å². The number of nitrogens with one attached hydrogen (secondary N) is 1. The van der Waals surface area contributed by atoms with Gasteiger partial charge in [-0.3, -0.25) is 8.89 Å². The molecule has 5 rings (SSSR count). The second-order valence-electron chi connectivity index (χ2n) is 10.3. The van der Waals surface area contributed by atoms with E-state index in [1.807, 2.05) is 20.9 Å². The maximum atomic E-state index is 13.8. The van der Waals surface area contributed by atoms with Crippen LogP contribution in [-0.2, 0) is 38.6 Å². The third-order valence-electron chi connectivity index (χ3n) is 7.57. The van der Waals surface area contributed by atoms with Gasteiger partial charge in [-0.2, -0.15) is 23.5 Å². The first kappa shape index (κ1) is 33.2. The van der Waals surface area contributed by atoms with E-state index >= 15 is 0 Å². The molecule has 2 heterocycles. The minimum atomic E-state index is -4.81. The first-order valence-corrected chi connectivity index (χ1v) is 16.9. The van der Waals surface area contributed by atoms with E-state index in [0.29, 0.717) is 36.3 Å². The largest absolute Gasteiger partial charge is 0.417 e. The number of nitriles is 1. The number of halogens is 3. The van der Waals surface area contributed by atoms with E-state index in [1.54, 1.807) is 13.2 Å². The van der Waals surface area contributed by atoms with Gasteiger partial charge in [-0.05, 0) is 69.7 Å². The third-order valence-corrected chi connectivity index (χ3v) is 11.2. The summed E-state index contributed by atoms with van der Waals surface area (Å²) < 4.78 is 87.0. The molecule has 13 heteroatoms. The number of sulfone groups is 1. The van der Waals surface area contributed by atoms with Crippen molar-refractivity contribution in [1.29, 1.82) is 5.26 Å². The van der Waals surface area contributed by atoms with Crippen LogP contribution in [0.1, 0.15) is 64.4 Å². The van der Waals surface area contributed by atoms with E-state index in [-0.39, 0.29) is 36.2 Å². The van der Waals surface area contributed by atoms with Crippen LogP contribution < -0.4 is 5.32 Å². The molecule has 0 amide bonds. The lowest BCUT2D eigenvalue weighted by molar-refractivity contribution is -0.139. The van der Waals surface area contributed by atoms with E-state index in [2.05, 4.69) is 16.5 Å². The van der Waals surface area contributed by atoms with E-state index < -0.39 is 42.5 Å². The van der Waals surface area contributed by atoms with Crippen LogP contribution >= 0.6 is 0 Å². The number of rotatable bonds is 6. The second kappa shape index (κ2) is 13.8. The van der Waals surface area contributed by atoms with Crippen molar-refractivity contribution in [2.75, 3.05) is 18.6 Å². The Hall–Kier alpha value is -2.27. The van der Waals surface area contributed by atoms with E-state index in [1.165, 1.54) is 16.9 Å². The summed E-state index contributed by atoms with van der Waals surface area (Å²) in [5, 5.41) is 14.3. The van der Waals surface area contributed by atoms with Crippen LogP contribution in [0, 0.1) is 11.3 Å². The van der Waals surface area contributed by atoms with Crippen LogP contribution in [0.25, 0.3) is 11.1 Å². The number of hydrogen-bond donors (Lipinski definition) is 1. The van der Waals surface area contributed by atoms with Gasteiger partial charge >= 0.3 is 6.18 Å². The van der Waals surface area contributed by atoms with Crippen molar-refractivity contribution in [3.8, 4) is 17.2 Å². The van der Waals surface area contributed by atoms with Gasteiger partial charge in [0.15, 0.2) is 9.84 Å². The average Bonchev–Trinajstić information content (AvgIpc) is 3.37. The number of ether oxygens (including phenoxy) is 1. The molecule has 1 saturated heterocycles. The summed E-state index contributed by atoms with van der Waals surface area (Å²) in [6, 6.07) is 5.53. The standard InChI is InChI=1S/C21H25F3N2O4S2.C5H8N2.C2H6/c1-26-13-15(12-25-26)14-2-5-20(19(10-14)21(22,23)24)32(28,29)18-4-3-17(11-18)30-16-6-8-31(27)9-7-16;1-7-5(4-6)2-3-5;1-2/h2,5,10,12-13,16-18H,3-4,6-9,11H2,1H3;7H,2-3H2,1H3;1-2H3/t16?,17-,18+,31?;;/m0../s1. The van der Waals surface area contributed by atoms with Gasteiger partial charge in [0.2, 0.25) is 0 Å². The number of alkyl halides is 3. The zero-order valence-corrected chi connectivity index (χ0v) is 25.5. The first-order valence-electron chi connectivity index (χ1n) is 13.9. The van der Waals surface area contributed by atoms with Crippen molar-refractivity contribution in [3.05, 3.63) is 36.2 Å². The summed E-state index contributed by atoms with van der Waals surface area (Å²) in [5.74, 6) is 1.13. The summed E-state index contributed by atoms with van der Waals surface area (Å²) in [5.41, 5.74) is -0.533.